The van der Waals surface area contributed by atoms with Crippen molar-refractivity contribution in [3.05, 3.63) is 53.1 Å². The lowest BCUT2D eigenvalue weighted by Gasteiger charge is -2.22. The zero-order chi connectivity index (χ0) is 18.2. The van der Waals surface area contributed by atoms with Gasteiger partial charge < -0.3 is 20.1 Å². The highest BCUT2D eigenvalue weighted by Crippen LogP contribution is 2.14. The molecule has 2 rings (SSSR count). The fourth-order valence-electron chi connectivity index (χ4n) is 2.38. The van der Waals surface area contributed by atoms with Crippen molar-refractivity contribution in [1.82, 2.24) is 25.1 Å². The van der Waals surface area contributed by atoms with Gasteiger partial charge in [0, 0.05) is 58.5 Å². The average Bonchev–Trinajstić information content (AvgIpc) is 2.92. The molecule has 2 N–H and O–H groups in total. The van der Waals surface area contributed by atoms with Crippen LogP contribution in [0.2, 0.25) is 5.02 Å². The van der Waals surface area contributed by atoms with Crippen LogP contribution in [0, 0.1) is 0 Å². The predicted octanol–water partition coefficient (Wildman–Crippen LogP) is 1.51. The molecular weight excluding hydrogens is 340 g/mol. The summed E-state index contributed by atoms with van der Waals surface area (Å²) >= 11 is 6.02. The van der Waals surface area contributed by atoms with Crippen LogP contribution in [0.25, 0.3) is 0 Å². The molecule has 0 radical (unpaired) electrons. The largest absolute Gasteiger partial charge is 0.354 e. The second kappa shape index (κ2) is 9.08. The molecule has 0 aliphatic heterocycles. The Morgan fingerprint density at radius 1 is 1.40 bits per heavy atom. The van der Waals surface area contributed by atoms with Crippen LogP contribution in [0.3, 0.4) is 0 Å². The lowest BCUT2D eigenvalue weighted by atomic mass is 10.3. The van der Waals surface area contributed by atoms with Crippen molar-refractivity contribution in [2.24, 2.45) is 12.0 Å². The summed E-state index contributed by atoms with van der Waals surface area (Å²) < 4.78 is 1.99. The number of amides is 1. The zero-order valence-electron chi connectivity index (χ0n) is 14.7. The number of halogens is 1. The van der Waals surface area contributed by atoms with E-state index in [0.29, 0.717) is 30.2 Å². The summed E-state index contributed by atoms with van der Waals surface area (Å²) in [5, 5.41) is 6.78. The van der Waals surface area contributed by atoms with Crippen LogP contribution < -0.4 is 10.6 Å². The summed E-state index contributed by atoms with van der Waals surface area (Å²) in [7, 11) is 5.63. The van der Waals surface area contributed by atoms with Gasteiger partial charge in [-0.2, -0.15) is 0 Å². The molecule has 0 aliphatic carbocycles. The van der Waals surface area contributed by atoms with E-state index < -0.39 is 0 Å². The summed E-state index contributed by atoms with van der Waals surface area (Å²) in [5.74, 6) is 0.602. The van der Waals surface area contributed by atoms with Crippen molar-refractivity contribution in [2.75, 3.05) is 27.2 Å². The van der Waals surface area contributed by atoms with Crippen molar-refractivity contribution < 1.29 is 4.79 Å². The number of carbonyl (C=O) groups excluding carboxylic acids is 1. The van der Waals surface area contributed by atoms with Gasteiger partial charge in [0.2, 0.25) is 0 Å². The van der Waals surface area contributed by atoms with E-state index in [-0.39, 0.29) is 5.91 Å². The number of pyridine rings is 1. The third-order valence-corrected chi connectivity index (χ3v) is 3.87. The van der Waals surface area contributed by atoms with Gasteiger partial charge in [-0.05, 0) is 18.2 Å². The molecule has 2 aromatic rings. The molecule has 0 unspecified atom stereocenters. The number of hydrogen-bond acceptors (Lipinski definition) is 3. The van der Waals surface area contributed by atoms with Crippen LogP contribution in [0.15, 0.2) is 41.8 Å². The van der Waals surface area contributed by atoms with Crippen LogP contribution in [-0.2, 0) is 13.6 Å². The van der Waals surface area contributed by atoms with E-state index in [1.165, 1.54) is 0 Å². The molecule has 0 atom stereocenters. The molecule has 25 heavy (non-hydrogen) atoms. The lowest BCUT2D eigenvalue weighted by molar-refractivity contribution is 0.0954. The van der Waals surface area contributed by atoms with Crippen molar-refractivity contribution in [2.45, 2.75) is 6.54 Å². The molecule has 134 valence electrons. The molecule has 0 spiro atoms. The van der Waals surface area contributed by atoms with Crippen LogP contribution >= 0.6 is 11.6 Å². The first-order valence-electron chi connectivity index (χ1n) is 7.92. The van der Waals surface area contributed by atoms with Gasteiger partial charge in [0.15, 0.2) is 5.96 Å². The summed E-state index contributed by atoms with van der Waals surface area (Å²) in [6.07, 6.45) is 5.05. The highest BCUT2D eigenvalue weighted by atomic mass is 35.5. The SMILES string of the molecule is CN=C(NCCNC(=O)c1cccnc1)N(C)Cc1cc(Cl)cn1C. The summed E-state index contributed by atoms with van der Waals surface area (Å²) in [4.78, 5) is 22.1. The number of nitrogens with one attached hydrogen (secondary N) is 2. The molecular formula is C17H23ClN6O. The minimum Gasteiger partial charge on any atom is -0.354 e. The Kier molecular flexibility index (Phi) is 6.82. The van der Waals surface area contributed by atoms with Gasteiger partial charge in [-0.1, -0.05) is 11.6 Å². The van der Waals surface area contributed by atoms with Gasteiger partial charge in [0.25, 0.3) is 5.91 Å². The van der Waals surface area contributed by atoms with Crippen LogP contribution in [-0.4, -0.2) is 53.5 Å². The van der Waals surface area contributed by atoms with Crippen molar-refractivity contribution in [3.63, 3.8) is 0 Å². The zero-order valence-corrected chi connectivity index (χ0v) is 15.4. The number of aromatic nitrogens is 2. The molecule has 1 amide bonds. The fraction of sp³-hybridized carbons (Fsp3) is 0.353. The standard InChI is InChI=1S/C17H23ClN6O/c1-19-17(24(3)12-15-9-14(18)11-23(15)2)22-8-7-21-16(25)13-5-4-6-20-10-13/h4-6,9-11H,7-8,12H2,1-3H3,(H,19,22)(H,21,25). The van der Waals surface area contributed by atoms with Crippen LogP contribution in [0.4, 0.5) is 0 Å². The minimum atomic E-state index is -0.142. The maximum absolute atomic E-state index is 11.9. The second-order valence-corrected chi connectivity index (χ2v) is 6.02. The Balaban J connectivity index is 1.78. The monoisotopic (exact) mass is 362 g/mol. The molecule has 7 nitrogen and oxygen atoms in total. The van der Waals surface area contributed by atoms with E-state index in [4.69, 9.17) is 11.6 Å². The topological polar surface area (TPSA) is 74.5 Å². The molecule has 2 aromatic heterocycles. The number of hydrogen-bond donors (Lipinski definition) is 2. The summed E-state index contributed by atoms with van der Waals surface area (Å²) in [6.45, 7) is 1.72. The maximum Gasteiger partial charge on any atom is 0.252 e. The Bertz CT molecular complexity index is 728. The number of aryl methyl sites for hydroxylation is 1. The lowest BCUT2D eigenvalue weighted by Crippen LogP contribution is -2.42. The third-order valence-electron chi connectivity index (χ3n) is 3.66. The van der Waals surface area contributed by atoms with Gasteiger partial charge in [0.1, 0.15) is 0 Å². The Morgan fingerprint density at radius 2 is 2.16 bits per heavy atom. The van der Waals surface area contributed by atoms with Gasteiger partial charge in [0.05, 0.1) is 17.1 Å². The first-order valence-corrected chi connectivity index (χ1v) is 8.30. The van der Waals surface area contributed by atoms with Crippen LogP contribution in [0.1, 0.15) is 16.1 Å². The quantitative estimate of drug-likeness (QED) is 0.464. The third kappa shape index (κ3) is 5.49. The van der Waals surface area contributed by atoms with Gasteiger partial charge >= 0.3 is 0 Å². The molecule has 0 aliphatic rings. The number of nitrogens with zero attached hydrogens (tertiary/aromatic N) is 4. The smallest absolute Gasteiger partial charge is 0.252 e. The van der Waals surface area contributed by atoms with E-state index in [0.717, 1.165) is 11.7 Å². The number of carbonyl (C=O) groups is 1. The molecule has 0 saturated carbocycles. The van der Waals surface area contributed by atoms with Gasteiger partial charge in [-0.15, -0.1) is 0 Å². The van der Waals surface area contributed by atoms with Crippen LogP contribution in [0.5, 0.6) is 0 Å². The Morgan fingerprint density at radius 3 is 2.76 bits per heavy atom. The highest BCUT2D eigenvalue weighted by molar-refractivity contribution is 6.30. The molecule has 2 heterocycles. The van der Waals surface area contributed by atoms with Crippen molar-refractivity contribution in [1.29, 1.82) is 0 Å². The van der Waals surface area contributed by atoms with E-state index in [1.54, 1.807) is 31.6 Å². The molecule has 0 aromatic carbocycles. The Labute approximate surface area is 152 Å². The van der Waals surface area contributed by atoms with Crippen molar-refractivity contribution >= 4 is 23.5 Å². The summed E-state index contributed by atoms with van der Waals surface area (Å²) in [5.41, 5.74) is 1.63. The van der Waals surface area contributed by atoms with E-state index in [9.17, 15) is 4.79 Å². The first kappa shape index (κ1) is 18.8. The van der Waals surface area contributed by atoms with E-state index >= 15 is 0 Å². The van der Waals surface area contributed by atoms with Gasteiger partial charge in [-0.3, -0.25) is 14.8 Å². The number of guanidine groups is 1. The number of aliphatic imine (C=N–C) groups is 1. The predicted molar refractivity (Wildman–Crippen MR) is 99.8 cm³/mol. The second-order valence-electron chi connectivity index (χ2n) is 5.59. The normalized spacial score (nSPS) is 11.3. The molecule has 0 bridgehead atoms. The molecule has 8 heteroatoms. The van der Waals surface area contributed by atoms with E-state index in [2.05, 4.69) is 20.6 Å². The Hall–Kier alpha value is -2.54. The number of rotatable bonds is 6. The van der Waals surface area contributed by atoms with Crippen molar-refractivity contribution in [3.8, 4) is 0 Å². The van der Waals surface area contributed by atoms with Gasteiger partial charge in [-0.25, -0.2) is 0 Å². The first-order chi connectivity index (χ1) is 12.0. The van der Waals surface area contributed by atoms with E-state index in [1.807, 2.05) is 35.8 Å². The fourth-order valence-corrected chi connectivity index (χ4v) is 2.65. The minimum absolute atomic E-state index is 0.142. The molecule has 0 fully saturated rings. The maximum atomic E-state index is 11.9. The average molecular weight is 363 g/mol. The molecule has 0 saturated heterocycles. The summed E-state index contributed by atoms with van der Waals surface area (Å²) in [6, 6.07) is 5.40. The highest BCUT2D eigenvalue weighted by Gasteiger charge is 2.10.